The van der Waals surface area contributed by atoms with Crippen LogP contribution in [-0.2, 0) is 12.8 Å². The summed E-state index contributed by atoms with van der Waals surface area (Å²) in [5.74, 6) is 0.848. The quantitative estimate of drug-likeness (QED) is 0.496. The van der Waals surface area contributed by atoms with Crippen LogP contribution in [0.15, 0.2) is 35.6 Å². The van der Waals surface area contributed by atoms with Crippen LogP contribution in [0.5, 0.6) is 0 Å². The molecule has 7 heteroatoms. The Bertz CT molecular complexity index is 827. The number of aryl methyl sites for hydroxylation is 2. The minimum Gasteiger partial charge on any atom is -0.357 e. The number of hydrogen-bond donors (Lipinski definition) is 2. The van der Waals surface area contributed by atoms with Crippen molar-refractivity contribution in [1.29, 1.82) is 0 Å². The molecular weight excluding hydrogens is 344 g/mol. The van der Waals surface area contributed by atoms with Crippen molar-refractivity contribution in [3.63, 3.8) is 0 Å². The fourth-order valence-corrected chi connectivity index (χ4v) is 3.59. The van der Waals surface area contributed by atoms with Crippen molar-refractivity contribution in [2.75, 3.05) is 19.6 Å². The maximum absolute atomic E-state index is 4.66. The van der Waals surface area contributed by atoms with E-state index in [1.807, 2.05) is 28.8 Å². The molecule has 0 fully saturated rings. The molecule has 0 aliphatic carbocycles. The third-order valence-electron chi connectivity index (χ3n) is 4.10. The number of aromatic nitrogens is 3. The zero-order valence-electron chi connectivity index (χ0n) is 15.6. The minimum absolute atomic E-state index is 0.732. The highest BCUT2D eigenvalue weighted by Gasteiger charge is 2.04. The predicted octanol–water partition coefficient (Wildman–Crippen LogP) is 2.75. The Hall–Kier alpha value is -2.41. The van der Waals surface area contributed by atoms with E-state index in [4.69, 9.17) is 0 Å². The van der Waals surface area contributed by atoms with Gasteiger partial charge < -0.3 is 15.0 Å². The summed E-state index contributed by atoms with van der Waals surface area (Å²) in [6.07, 6.45) is 5.83. The first-order chi connectivity index (χ1) is 12.7. The van der Waals surface area contributed by atoms with Crippen molar-refractivity contribution >= 4 is 22.9 Å². The summed E-state index contributed by atoms with van der Waals surface area (Å²) >= 11 is 1.76. The maximum Gasteiger partial charge on any atom is 0.191 e. The van der Waals surface area contributed by atoms with Gasteiger partial charge >= 0.3 is 0 Å². The highest BCUT2D eigenvalue weighted by Crippen LogP contribution is 2.16. The highest BCUT2D eigenvalue weighted by atomic mass is 32.1. The molecule has 2 N–H and O–H groups in total. The molecule has 0 radical (unpaired) electrons. The van der Waals surface area contributed by atoms with Crippen molar-refractivity contribution in [2.24, 2.45) is 4.99 Å². The summed E-state index contributed by atoms with van der Waals surface area (Å²) in [4.78, 5) is 15.1. The molecule has 3 rings (SSSR count). The number of nitrogens with one attached hydrogen (secondary N) is 2. The lowest BCUT2D eigenvalue weighted by Crippen LogP contribution is -2.38. The van der Waals surface area contributed by atoms with Crippen LogP contribution >= 0.6 is 11.3 Å². The lowest BCUT2D eigenvalue weighted by molar-refractivity contribution is 0.788. The number of rotatable bonds is 7. The van der Waals surface area contributed by atoms with E-state index in [1.165, 1.54) is 4.88 Å². The number of guanidine groups is 1. The molecule has 0 spiro atoms. The molecule has 138 valence electrons. The lowest BCUT2D eigenvalue weighted by atomic mass is 10.3. The average Bonchev–Trinajstić information content (AvgIpc) is 3.17. The van der Waals surface area contributed by atoms with Gasteiger partial charge in [-0.15, -0.1) is 11.3 Å². The van der Waals surface area contributed by atoms with Crippen LogP contribution in [0, 0.1) is 13.8 Å². The monoisotopic (exact) mass is 370 g/mol. The van der Waals surface area contributed by atoms with E-state index in [0.29, 0.717) is 0 Å². The van der Waals surface area contributed by atoms with E-state index in [2.05, 4.69) is 52.6 Å². The van der Waals surface area contributed by atoms with Gasteiger partial charge in [0.05, 0.1) is 16.4 Å². The first kappa shape index (κ1) is 18.4. The minimum atomic E-state index is 0.732. The van der Waals surface area contributed by atoms with E-state index in [1.54, 1.807) is 11.3 Å². The molecule has 3 aromatic heterocycles. The molecule has 3 heterocycles. The Morgan fingerprint density at radius 1 is 1.19 bits per heavy atom. The van der Waals surface area contributed by atoms with Gasteiger partial charge in [0.2, 0.25) is 0 Å². The second-order valence-electron chi connectivity index (χ2n) is 6.13. The first-order valence-corrected chi connectivity index (χ1v) is 9.85. The zero-order valence-corrected chi connectivity index (χ0v) is 16.4. The summed E-state index contributed by atoms with van der Waals surface area (Å²) < 4.78 is 2.05. The molecule has 0 amide bonds. The molecule has 3 aromatic rings. The molecule has 0 aliphatic rings. The van der Waals surface area contributed by atoms with Crippen molar-refractivity contribution in [3.05, 3.63) is 51.9 Å². The fourth-order valence-electron chi connectivity index (χ4n) is 2.67. The summed E-state index contributed by atoms with van der Waals surface area (Å²) in [7, 11) is 0. The van der Waals surface area contributed by atoms with Gasteiger partial charge in [0, 0.05) is 49.7 Å². The van der Waals surface area contributed by atoms with Gasteiger partial charge in [-0.1, -0.05) is 6.07 Å². The standard InChI is InChI=1S/C19H26N6S/c1-4-20-19(22-11-9-18-23-14(2)15(3)26-18)21-10-8-16-13-25-12-6-5-7-17(25)24-16/h5-7,12-13H,4,8-11H2,1-3H3,(H2,20,21,22). The Balaban J connectivity index is 1.50. The van der Waals surface area contributed by atoms with E-state index in [0.717, 1.165) is 60.5 Å². The Morgan fingerprint density at radius 3 is 2.81 bits per heavy atom. The average molecular weight is 371 g/mol. The fraction of sp³-hybridized carbons (Fsp3) is 0.421. The molecular formula is C19H26N6S. The number of imidazole rings is 1. The third kappa shape index (κ3) is 4.82. The summed E-state index contributed by atoms with van der Waals surface area (Å²) in [6, 6.07) is 6.04. The van der Waals surface area contributed by atoms with Crippen LogP contribution in [0.2, 0.25) is 0 Å². The predicted molar refractivity (Wildman–Crippen MR) is 108 cm³/mol. The number of thiazole rings is 1. The van der Waals surface area contributed by atoms with Crippen LogP contribution in [0.25, 0.3) is 5.65 Å². The normalized spacial score (nSPS) is 11.9. The summed E-state index contributed by atoms with van der Waals surface area (Å²) in [5.41, 5.74) is 3.19. The largest absolute Gasteiger partial charge is 0.357 e. The van der Waals surface area contributed by atoms with Gasteiger partial charge in [-0.05, 0) is 32.9 Å². The Morgan fingerprint density at radius 2 is 2.08 bits per heavy atom. The maximum atomic E-state index is 4.66. The van der Waals surface area contributed by atoms with Crippen molar-refractivity contribution in [1.82, 2.24) is 25.0 Å². The smallest absolute Gasteiger partial charge is 0.191 e. The van der Waals surface area contributed by atoms with Gasteiger partial charge in [0.25, 0.3) is 0 Å². The molecule has 0 aliphatic heterocycles. The van der Waals surface area contributed by atoms with Gasteiger partial charge in [-0.3, -0.25) is 4.99 Å². The Labute approximate surface area is 158 Å². The SMILES string of the molecule is CCNC(=NCCc1nc(C)c(C)s1)NCCc1cn2ccccc2n1. The van der Waals surface area contributed by atoms with Crippen LogP contribution in [0.1, 0.15) is 28.2 Å². The van der Waals surface area contributed by atoms with E-state index in [-0.39, 0.29) is 0 Å². The molecule has 26 heavy (non-hydrogen) atoms. The molecule has 0 saturated heterocycles. The number of fused-ring (bicyclic) bond motifs is 1. The second-order valence-corrected chi connectivity index (χ2v) is 7.42. The number of pyridine rings is 1. The van der Waals surface area contributed by atoms with Crippen LogP contribution in [-0.4, -0.2) is 40.0 Å². The summed E-state index contributed by atoms with van der Waals surface area (Å²) in [6.45, 7) is 8.62. The van der Waals surface area contributed by atoms with E-state index in [9.17, 15) is 0 Å². The number of aliphatic imine (C=N–C) groups is 1. The molecule has 0 unspecified atom stereocenters. The lowest BCUT2D eigenvalue weighted by Gasteiger charge is -2.10. The first-order valence-electron chi connectivity index (χ1n) is 9.03. The van der Waals surface area contributed by atoms with Gasteiger partial charge in [0.1, 0.15) is 5.65 Å². The van der Waals surface area contributed by atoms with Crippen LogP contribution in [0.3, 0.4) is 0 Å². The van der Waals surface area contributed by atoms with Gasteiger partial charge in [-0.25, -0.2) is 9.97 Å². The van der Waals surface area contributed by atoms with Crippen LogP contribution < -0.4 is 10.6 Å². The molecule has 0 bridgehead atoms. The van der Waals surface area contributed by atoms with Gasteiger partial charge in [-0.2, -0.15) is 0 Å². The topological polar surface area (TPSA) is 66.6 Å². The van der Waals surface area contributed by atoms with E-state index < -0.39 is 0 Å². The molecule has 0 atom stereocenters. The molecule has 0 saturated carbocycles. The van der Waals surface area contributed by atoms with Crippen molar-refractivity contribution in [3.8, 4) is 0 Å². The molecule has 6 nitrogen and oxygen atoms in total. The van der Waals surface area contributed by atoms with Crippen LogP contribution in [0.4, 0.5) is 0 Å². The third-order valence-corrected chi connectivity index (χ3v) is 5.23. The highest BCUT2D eigenvalue weighted by molar-refractivity contribution is 7.11. The zero-order chi connectivity index (χ0) is 18.4. The number of nitrogens with zero attached hydrogens (tertiary/aromatic N) is 4. The number of hydrogen-bond acceptors (Lipinski definition) is 4. The van der Waals surface area contributed by atoms with Crippen molar-refractivity contribution < 1.29 is 0 Å². The van der Waals surface area contributed by atoms with Crippen molar-refractivity contribution in [2.45, 2.75) is 33.6 Å². The second kappa shape index (κ2) is 8.80. The van der Waals surface area contributed by atoms with Gasteiger partial charge in [0.15, 0.2) is 5.96 Å². The molecule has 0 aromatic carbocycles. The van der Waals surface area contributed by atoms with E-state index >= 15 is 0 Å². The summed E-state index contributed by atoms with van der Waals surface area (Å²) in [5, 5.41) is 7.84. The Kier molecular flexibility index (Phi) is 6.22.